The third kappa shape index (κ3) is 3.47. The highest BCUT2D eigenvalue weighted by atomic mass is 16.3. The van der Waals surface area contributed by atoms with Crippen LogP contribution in [0.15, 0.2) is 39.9 Å². The molecular weight excluding hydrogens is 276 g/mol. The molecular formula is C17H22N4O. The third-order valence-electron chi connectivity index (χ3n) is 3.96. The van der Waals surface area contributed by atoms with E-state index in [9.17, 15) is 0 Å². The van der Waals surface area contributed by atoms with Gasteiger partial charge in [0.05, 0.1) is 12.2 Å². The lowest BCUT2D eigenvalue weighted by atomic mass is 9.93. The molecule has 1 aliphatic rings. The molecule has 116 valence electrons. The number of nitrogens with one attached hydrogen (secondary N) is 2. The Bertz CT molecular complexity index is 641. The first-order valence-corrected chi connectivity index (χ1v) is 7.73. The Kier molecular flexibility index (Phi) is 4.42. The molecule has 1 aromatic carbocycles. The molecule has 0 spiro atoms. The Morgan fingerprint density at radius 1 is 1.32 bits per heavy atom. The molecule has 0 atom stereocenters. The van der Waals surface area contributed by atoms with E-state index in [4.69, 9.17) is 4.42 Å². The van der Waals surface area contributed by atoms with E-state index in [0.29, 0.717) is 18.5 Å². The SMILES string of the molecule is CN=C(NCc1coc(-c2ccc(C)cc2)n1)NC1CCC1. The van der Waals surface area contributed by atoms with Crippen LogP contribution in [0.2, 0.25) is 0 Å². The van der Waals surface area contributed by atoms with Gasteiger partial charge in [-0.3, -0.25) is 4.99 Å². The Hall–Kier alpha value is -2.30. The first kappa shape index (κ1) is 14.6. The first-order valence-electron chi connectivity index (χ1n) is 7.73. The van der Waals surface area contributed by atoms with Gasteiger partial charge in [0.2, 0.25) is 5.89 Å². The van der Waals surface area contributed by atoms with Gasteiger partial charge in [0.25, 0.3) is 0 Å². The zero-order valence-corrected chi connectivity index (χ0v) is 13.1. The van der Waals surface area contributed by atoms with Gasteiger partial charge < -0.3 is 15.1 Å². The smallest absolute Gasteiger partial charge is 0.226 e. The van der Waals surface area contributed by atoms with Crippen molar-refractivity contribution in [2.24, 2.45) is 4.99 Å². The summed E-state index contributed by atoms with van der Waals surface area (Å²) in [6, 6.07) is 8.72. The number of hydrogen-bond donors (Lipinski definition) is 2. The number of nitrogens with zero attached hydrogens (tertiary/aromatic N) is 2. The second-order valence-electron chi connectivity index (χ2n) is 5.71. The molecule has 1 aromatic heterocycles. The summed E-state index contributed by atoms with van der Waals surface area (Å²) in [7, 11) is 1.79. The highest BCUT2D eigenvalue weighted by molar-refractivity contribution is 5.80. The van der Waals surface area contributed by atoms with Gasteiger partial charge in [0, 0.05) is 18.7 Å². The van der Waals surface area contributed by atoms with Gasteiger partial charge in [0.15, 0.2) is 5.96 Å². The average Bonchev–Trinajstić information content (AvgIpc) is 2.95. The minimum atomic E-state index is 0.562. The van der Waals surface area contributed by atoms with Crippen molar-refractivity contribution < 1.29 is 4.42 Å². The van der Waals surface area contributed by atoms with Crippen molar-refractivity contribution in [3.8, 4) is 11.5 Å². The maximum absolute atomic E-state index is 5.56. The number of oxazole rings is 1. The van der Waals surface area contributed by atoms with E-state index in [0.717, 1.165) is 17.2 Å². The van der Waals surface area contributed by atoms with E-state index in [2.05, 4.69) is 39.7 Å². The van der Waals surface area contributed by atoms with Crippen molar-refractivity contribution in [1.29, 1.82) is 0 Å². The van der Waals surface area contributed by atoms with E-state index in [-0.39, 0.29) is 0 Å². The normalized spacial score (nSPS) is 15.5. The van der Waals surface area contributed by atoms with Crippen LogP contribution in [0.4, 0.5) is 0 Å². The fourth-order valence-corrected chi connectivity index (χ4v) is 2.33. The van der Waals surface area contributed by atoms with Gasteiger partial charge in [-0.25, -0.2) is 4.98 Å². The van der Waals surface area contributed by atoms with Crippen LogP contribution in [-0.2, 0) is 6.54 Å². The highest BCUT2D eigenvalue weighted by Gasteiger charge is 2.18. The fraction of sp³-hybridized carbons (Fsp3) is 0.412. The molecule has 0 radical (unpaired) electrons. The lowest BCUT2D eigenvalue weighted by Crippen LogP contribution is -2.46. The van der Waals surface area contributed by atoms with E-state index >= 15 is 0 Å². The molecule has 2 aromatic rings. The monoisotopic (exact) mass is 298 g/mol. The Balaban J connectivity index is 1.58. The molecule has 2 N–H and O–H groups in total. The maximum atomic E-state index is 5.56. The molecule has 0 saturated heterocycles. The quantitative estimate of drug-likeness (QED) is 0.673. The second-order valence-corrected chi connectivity index (χ2v) is 5.71. The lowest BCUT2D eigenvalue weighted by Gasteiger charge is -2.28. The summed E-state index contributed by atoms with van der Waals surface area (Å²) in [6.45, 7) is 2.66. The van der Waals surface area contributed by atoms with E-state index < -0.39 is 0 Å². The molecule has 3 rings (SSSR count). The molecule has 1 heterocycles. The summed E-state index contributed by atoms with van der Waals surface area (Å²) < 4.78 is 5.56. The number of guanidine groups is 1. The molecule has 1 fully saturated rings. The van der Waals surface area contributed by atoms with Crippen molar-refractivity contribution >= 4 is 5.96 Å². The van der Waals surface area contributed by atoms with Crippen LogP contribution in [0.3, 0.4) is 0 Å². The molecule has 1 saturated carbocycles. The number of rotatable bonds is 4. The largest absolute Gasteiger partial charge is 0.444 e. The van der Waals surface area contributed by atoms with Crippen molar-refractivity contribution in [2.75, 3.05) is 7.05 Å². The van der Waals surface area contributed by atoms with Gasteiger partial charge in [0.1, 0.15) is 6.26 Å². The highest BCUT2D eigenvalue weighted by Crippen LogP contribution is 2.19. The number of aryl methyl sites for hydroxylation is 1. The van der Waals surface area contributed by atoms with Crippen molar-refractivity contribution in [1.82, 2.24) is 15.6 Å². The number of hydrogen-bond acceptors (Lipinski definition) is 3. The van der Waals surface area contributed by atoms with Crippen molar-refractivity contribution in [2.45, 2.75) is 38.8 Å². The minimum Gasteiger partial charge on any atom is -0.444 e. The lowest BCUT2D eigenvalue weighted by molar-refractivity contribution is 0.379. The van der Waals surface area contributed by atoms with Gasteiger partial charge in [-0.1, -0.05) is 17.7 Å². The van der Waals surface area contributed by atoms with Gasteiger partial charge in [-0.15, -0.1) is 0 Å². The molecule has 5 nitrogen and oxygen atoms in total. The van der Waals surface area contributed by atoms with Crippen LogP contribution < -0.4 is 10.6 Å². The summed E-state index contributed by atoms with van der Waals surface area (Å²) in [5.74, 6) is 1.48. The molecule has 5 heteroatoms. The molecule has 0 unspecified atom stereocenters. The summed E-state index contributed by atoms with van der Waals surface area (Å²) >= 11 is 0. The predicted octanol–water partition coefficient (Wildman–Crippen LogP) is 2.87. The number of benzene rings is 1. The zero-order valence-electron chi connectivity index (χ0n) is 13.1. The molecule has 0 amide bonds. The summed E-state index contributed by atoms with van der Waals surface area (Å²) in [5, 5.41) is 6.67. The molecule has 0 bridgehead atoms. The Morgan fingerprint density at radius 2 is 2.09 bits per heavy atom. The number of aliphatic imine (C=N–C) groups is 1. The van der Waals surface area contributed by atoms with Gasteiger partial charge in [-0.2, -0.15) is 0 Å². The van der Waals surface area contributed by atoms with E-state index in [1.54, 1.807) is 13.3 Å². The molecule has 22 heavy (non-hydrogen) atoms. The van der Waals surface area contributed by atoms with E-state index in [1.807, 2.05) is 12.1 Å². The van der Waals surface area contributed by atoms with Crippen LogP contribution in [0.5, 0.6) is 0 Å². The number of aromatic nitrogens is 1. The van der Waals surface area contributed by atoms with E-state index in [1.165, 1.54) is 24.8 Å². The second kappa shape index (κ2) is 6.64. The topological polar surface area (TPSA) is 62.5 Å². The minimum absolute atomic E-state index is 0.562. The fourth-order valence-electron chi connectivity index (χ4n) is 2.33. The standard InChI is InChI=1S/C17H22N4O/c1-12-6-8-13(9-7-12)16-20-15(11-22-16)10-19-17(18-2)21-14-4-3-5-14/h6-9,11,14H,3-5,10H2,1-2H3,(H2,18,19,21). The van der Waals surface area contributed by atoms with Crippen molar-refractivity contribution in [3.63, 3.8) is 0 Å². The van der Waals surface area contributed by atoms with Crippen LogP contribution in [0.1, 0.15) is 30.5 Å². The molecule has 1 aliphatic carbocycles. The maximum Gasteiger partial charge on any atom is 0.226 e. The van der Waals surface area contributed by atoms with Gasteiger partial charge >= 0.3 is 0 Å². The average molecular weight is 298 g/mol. The van der Waals surface area contributed by atoms with Crippen LogP contribution in [0.25, 0.3) is 11.5 Å². The summed E-state index contributed by atoms with van der Waals surface area (Å²) in [5.41, 5.74) is 3.09. The van der Waals surface area contributed by atoms with Crippen LogP contribution in [0, 0.1) is 6.92 Å². The Labute approximate surface area is 130 Å². The summed E-state index contributed by atoms with van der Waals surface area (Å²) in [6.07, 6.45) is 5.45. The molecule has 0 aliphatic heterocycles. The van der Waals surface area contributed by atoms with Crippen molar-refractivity contribution in [3.05, 3.63) is 41.8 Å². The van der Waals surface area contributed by atoms with Gasteiger partial charge in [-0.05, 0) is 38.3 Å². The first-order chi connectivity index (χ1) is 10.7. The van der Waals surface area contributed by atoms with Crippen LogP contribution >= 0.6 is 0 Å². The third-order valence-corrected chi connectivity index (χ3v) is 3.96. The van der Waals surface area contributed by atoms with Crippen LogP contribution in [-0.4, -0.2) is 24.0 Å². The zero-order chi connectivity index (χ0) is 15.4. The predicted molar refractivity (Wildman–Crippen MR) is 87.6 cm³/mol. The summed E-state index contributed by atoms with van der Waals surface area (Å²) in [4.78, 5) is 8.75. The Morgan fingerprint density at radius 3 is 2.73 bits per heavy atom.